The summed E-state index contributed by atoms with van der Waals surface area (Å²) in [4.78, 5) is 0. The molecular weight excluding hydrogens is 252 g/mol. The lowest BCUT2D eigenvalue weighted by Crippen LogP contribution is -2.12. The fourth-order valence-electron chi connectivity index (χ4n) is 1.93. The van der Waals surface area contributed by atoms with Crippen LogP contribution in [0.4, 0.5) is 0 Å². The summed E-state index contributed by atoms with van der Waals surface area (Å²) in [6, 6.07) is 10.2. The van der Waals surface area contributed by atoms with Crippen LogP contribution in [0.15, 0.2) is 36.5 Å². The summed E-state index contributed by atoms with van der Waals surface area (Å²) < 4.78 is 7.64. The molecule has 1 N–H and O–H groups in total. The summed E-state index contributed by atoms with van der Waals surface area (Å²) in [5.41, 5.74) is 2.15. The summed E-state index contributed by atoms with van der Waals surface area (Å²) in [5.74, 6) is 0. The summed E-state index contributed by atoms with van der Waals surface area (Å²) in [5, 5.41) is 11.4. The van der Waals surface area contributed by atoms with Crippen LogP contribution in [0.2, 0.25) is 0 Å². The molecule has 0 bridgehead atoms. The minimum Gasteiger partial charge on any atom is -0.372 e. The van der Waals surface area contributed by atoms with Gasteiger partial charge in [0, 0.05) is 12.7 Å². The Labute approximate surface area is 120 Å². The molecule has 2 aromatic rings. The molecule has 1 aromatic carbocycles. The van der Waals surface area contributed by atoms with Crippen molar-refractivity contribution in [2.45, 2.75) is 33.0 Å². The molecule has 0 aliphatic rings. The molecule has 1 heterocycles. The van der Waals surface area contributed by atoms with E-state index in [4.69, 9.17) is 4.74 Å². The first-order chi connectivity index (χ1) is 9.79. The Morgan fingerprint density at radius 3 is 2.85 bits per heavy atom. The summed E-state index contributed by atoms with van der Waals surface area (Å²) in [7, 11) is 0. The molecule has 0 fully saturated rings. The monoisotopic (exact) mass is 274 g/mol. The predicted octanol–water partition coefficient (Wildman–Crippen LogP) is 2.17. The lowest BCUT2D eigenvalue weighted by Gasteiger charge is -2.13. The second-order valence-electron chi connectivity index (χ2n) is 4.68. The summed E-state index contributed by atoms with van der Waals surface area (Å²) in [6.45, 7) is 7.18. The highest BCUT2D eigenvalue weighted by atomic mass is 16.5. The largest absolute Gasteiger partial charge is 0.372 e. The highest BCUT2D eigenvalue weighted by Crippen LogP contribution is 2.15. The van der Waals surface area contributed by atoms with E-state index in [1.54, 1.807) is 0 Å². The van der Waals surface area contributed by atoms with Gasteiger partial charge in [-0.2, -0.15) is 0 Å². The Morgan fingerprint density at radius 1 is 1.30 bits per heavy atom. The fourth-order valence-corrected chi connectivity index (χ4v) is 1.93. The van der Waals surface area contributed by atoms with E-state index in [-0.39, 0.29) is 6.10 Å². The van der Waals surface area contributed by atoms with Gasteiger partial charge in [0.1, 0.15) is 0 Å². The van der Waals surface area contributed by atoms with E-state index in [1.807, 2.05) is 29.1 Å². The van der Waals surface area contributed by atoms with Crippen molar-refractivity contribution in [3.8, 4) is 0 Å². The molecule has 108 valence electrons. The van der Waals surface area contributed by atoms with Crippen LogP contribution in [0.5, 0.6) is 0 Å². The zero-order chi connectivity index (χ0) is 14.2. The Bertz CT molecular complexity index is 498. The molecule has 0 amide bonds. The van der Waals surface area contributed by atoms with E-state index in [0.717, 1.165) is 25.3 Å². The molecule has 5 nitrogen and oxygen atoms in total. The van der Waals surface area contributed by atoms with E-state index >= 15 is 0 Å². The van der Waals surface area contributed by atoms with Crippen LogP contribution in [0.1, 0.15) is 31.2 Å². The minimum absolute atomic E-state index is 0.0981. The highest BCUT2D eigenvalue weighted by molar-refractivity contribution is 5.16. The van der Waals surface area contributed by atoms with Crippen LogP contribution in [0.3, 0.4) is 0 Å². The Kier molecular flexibility index (Phi) is 5.70. The molecule has 2 rings (SSSR count). The molecule has 5 heteroatoms. The highest BCUT2D eigenvalue weighted by Gasteiger charge is 2.05. The van der Waals surface area contributed by atoms with E-state index in [2.05, 4.69) is 41.6 Å². The zero-order valence-corrected chi connectivity index (χ0v) is 12.1. The van der Waals surface area contributed by atoms with Crippen molar-refractivity contribution in [2.75, 3.05) is 13.2 Å². The molecule has 1 atom stereocenters. The van der Waals surface area contributed by atoms with E-state index in [1.165, 1.54) is 5.56 Å². The Hall–Kier alpha value is -1.72. The average molecular weight is 274 g/mol. The number of nitrogens with one attached hydrogen (secondary N) is 1. The van der Waals surface area contributed by atoms with Gasteiger partial charge in [0.25, 0.3) is 0 Å². The molecule has 0 radical (unpaired) electrons. The third-order valence-electron chi connectivity index (χ3n) is 3.10. The first kappa shape index (κ1) is 14.7. The van der Waals surface area contributed by atoms with Crippen LogP contribution in [0.25, 0.3) is 0 Å². The maximum Gasteiger partial charge on any atom is 0.0964 e. The van der Waals surface area contributed by atoms with Crippen LogP contribution < -0.4 is 5.32 Å². The number of ether oxygens (including phenoxy) is 1. The van der Waals surface area contributed by atoms with Crippen molar-refractivity contribution in [1.82, 2.24) is 20.3 Å². The molecule has 1 unspecified atom stereocenters. The molecule has 0 aliphatic carbocycles. The standard InChI is InChI=1S/C15H22N4O/c1-3-16-11-15-12-19(18-17-15)9-10-20-13(2)14-7-5-4-6-8-14/h4-8,12-13,16H,3,9-11H2,1-2H3. The molecular formula is C15H22N4O. The second-order valence-corrected chi connectivity index (χ2v) is 4.68. The van der Waals surface area contributed by atoms with Crippen LogP contribution >= 0.6 is 0 Å². The Balaban J connectivity index is 1.74. The quantitative estimate of drug-likeness (QED) is 0.801. The maximum atomic E-state index is 5.82. The van der Waals surface area contributed by atoms with E-state index in [9.17, 15) is 0 Å². The van der Waals surface area contributed by atoms with Crippen LogP contribution in [-0.4, -0.2) is 28.1 Å². The van der Waals surface area contributed by atoms with Crippen LogP contribution in [0, 0.1) is 0 Å². The molecule has 0 saturated heterocycles. The van der Waals surface area contributed by atoms with Crippen molar-refractivity contribution >= 4 is 0 Å². The van der Waals surface area contributed by atoms with Gasteiger partial charge in [-0.1, -0.05) is 42.5 Å². The summed E-state index contributed by atoms with van der Waals surface area (Å²) >= 11 is 0. The SMILES string of the molecule is CCNCc1cn(CCOC(C)c2ccccc2)nn1. The van der Waals surface area contributed by atoms with Gasteiger partial charge in [-0.15, -0.1) is 5.10 Å². The van der Waals surface area contributed by atoms with Crippen molar-refractivity contribution in [1.29, 1.82) is 0 Å². The van der Waals surface area contributed by atoms with E-state index in [0.29, 0.717) is 6.61 Å². The molecule has 1 aromatic heterocycles. The van der Waals surface area contributed by atoms with Crippen molar-refractivity contribution in [3.63, 3.8) is 0 Å². The smallest absolute Gasteiger partial charge is 0.0964 e. The topological polar surface area (TPSA) is 52.0 Å². The predicted molar refractivity (Wildman–Crippen MR) is 78.2 cm³/mol. The maximum absolute atomic E-state index is 5.82. The first-order valence-corrected chi connectivity index (χ1v) is 7.06. The van der Waals surface area contributed by atoms with Gasteiger partial charge in [0.05, 0.1) is 24.9 Å². The first-order valence-electron chi connectivity index (χ1n) is 7.06. The number of benzene rings is 1. The van der Waals surface area contributed by atoms with Gasteiger partial charge in [0.2, 0.25) is 0 Å². The van der Waals surface area contributed by atoms with Crippen molar-refractivity contribution in [2.24, 2.45) is 0 Å². The number of aromatic nitrogens is 3. The van der Waals surface area contributed by atoms with Gasteiger partial charge in [-0.05, 0) is 19.0 Å². The normalized spacial score (nSPS) is 12.5. The van der Waals surface area contributed by atoms with Gasteiger partial charge >= 0.3 is 0 Å². The molecule has 20 heavy (non-hydrogen) atoms. The summed E-state index contributed by atoms with van der Waals surface area (Å²) in [6.07, 6.45) is 2.06. The zero-order valence-electron chi connectivity index (χ0n) is 12.1. The van der Waals surface area contributed by atoms with Crippen molar-refractivity contribution < 1.29 is 4.74 Å². The van der Waals surface area contributed by atoms with Gasteiger partial charge in [-0.25, -0.2) is 4.68 Å². The lowest BCUT2D eigenvalue weighted by atomic mass is 10.1. The second kappa shape index (κ2) is 7.77. The molecule has 0 saturated carbocycles. The van der Waals surface area contributed by atoms with Gasteiger partial charge in [-0.3, -0.25) is 0 Å². The number of hydrogen-bond donors (Lipinski definition) is 1. The third-order valence-corrected chi connectivity index (χ3v) is 3.10. The minimum atomic E-state index is 0.0981. The Morgan fingerprint density at radius 2 is 2.10 bits per heavy atom. The lowest BCUT2D eigenvalue weighted by molar-refractivity contribution is 0.0580. The van der Waals surface area contributed by atoms with Gasteiger partial charge < -0.3 is 10.1 Å². The average Bonchev–Trinajstić information content (AvgIpc) is 2.94. The molecule has 0 aliphatic heterocycles. The number of rotatable bonds is 8. The van der Waals surface area contributed by atoms with E-state index < -0.39 is 0 Å². The number of nitrogens with zero attached hydrogens (tertiary/aromatic N) is 3. The number of hydrogen-bond acceptors (Lipinski definition) is 4. The van der Waals surface area contributed by atoms with Crippen LogP contribution in [-0.2, 0) is 17.8 Å². The van der Waals surface area contributed by atoms with Gasteiger partial charge in [0.15, 0.2) is 0 Å². The third kappa shape index (κ3) is 4.43. The fraction of sp³-hybridized carbons (Fsp3) is 0.467. The van der Waals surface area contributed by atoms with Crippen molar-refractivity contribution in [3.05, 3.63) is 47.8 Å². The molecule has 0 spiro atoms.